The van der Waals surface area contributed by atoms with Gasteiger partial charge in [0.25, 0.3) is 0 Å². The van der Waals surface area contributed by atoms with Gasteiger partial charge in [-0.15, -0.1) is 0 Å². The Morgan fingerprint density at radius 1 is 1.28 bits per heavy atom. The van der Waals surface area contributed by atoms with E-state index in [4.69, 9.17) is 5.73 Å². The number of pyridine rings is 1. The maximum atomic E-state index is 6.53. The van der Waals surface area contributed by atoms with E-state index in [2.05, 4.69) is 36.7 Å². The van der Waals surface area contributed by atoms with Gasteiger partial charge in [0.1, 0.15) is 0 Å². The summed E-state index contributed by atoms with van der Waals surface area (Å²) in [6.07, 6.45) is 4.86. The number of nitrogens with zero attached hydrogens (tertiary/aromatic N) is 2. The normalized spacial score (nSPS) is 20.9. The van der Waals surface area contributed by atoms with Crippen LogP contribution in [0.15, 0.2) is 24.4 Å². The maximum absolute atomic E-state index is 6.53. The summed E-state index contributed by atoms with van der Waals surface area (Å²) in [7, 11) is 0. The lowest BCUT2D eigenvalue weighted by Gasteiger charge is -2.45. The topological polar surface area (TPSA) is 42.1 Å². The first-order chi connectivity index (χ1) is 8.39. The lowest BCUT2D eigenvalue weighted by molar-refractivity contribution is 0.0763. The average molecular weight is 247 g/mol. The number of aromatic nitrogens is 1. The van der Waals surface area contributed by atoms with Gasteiger partial charge in [0.2, 0.25) is 0 Å². The van der Waals surface area contributed by atoms with Crippen molar-refractivity contribution in [3.8, 4) is 0 Å². The zero-order valence-electron chi connectivity index (χ0n) is 11.8. The number of rotatable bonds is 2. The van der Waals surface area contributed by atoms with Crippen LogP contribution in [0.4, 0.5) is 0 Å². The zero-order chi connectivity index (χ0) is 13.2. The fraction of sp³-hybridized carbons (Fsp3) is 0.667. The molecule has 2 heterocycles. The van der Waals surface area contributed by atoms with Gasteiger partial charge in [-0.2, -0.15) is 0 Å². The highest BCUT2D eigenvalue weighted by molar-refractivity contribution is 5.09. The molecular formula is C15H25N3. The van der Waals surface area contributed by atoms with Crippen LogP contribution in [0.1, 0.15) is 39.3 Å². The van der Waals surface area contributed by atoms with Crippen molar-refractivity contribution in [3.05, 3.63) is 30.1 Å². The van der Waals surface area contributed by atoms with Crippen LogP contribution >= 0.6 is 0 Å². The molecule has 18 heavy (non-hydrogen) atoms. The Hall–Kier alpha value is -0.930. The third kappa shape index (κ3) is 3.30. The van der Waals surface area contributed by atoms with Gasteiger partial charge in [0, 0.05) is 42.5 Å². The second-order valence-electron chi connectivity index (χ2n) is 6.52. The standard InChI is InChI=1S/C15H25N3/c1-14(2,3)18-10-7-15(16,8-11-18)12-13-6-4-5-9-17-13/h4-6,9H,7-8,10-12,16H2,1-3H3. The van der Waals surface area contributed by atoms with E-state index in [0.29, 0.717) is 0 Å². The summed E-state index contributed by atoms with van der Waals surface area (Å²) < 4.78 is 0. The molecule has 0 amide bonds. The molecule has 100 valence electrons. The molecule has 0 radical (unpaired) electrons. The third-order valence-electron chi connectivity index (χ3n) is 3.97. The van der Waals surface area contributed by atoms with Crippen molar-refractivity contribution in [2.24, 2.45) is 5.73 Å². The first kappa shape index (κ1) is 13.5. The second kappa shape index (κ2) is 4.98. The molecule has 1 saturated heterocycles. The van der Waals surface area contributed by atoms with Crippen LogP contribution in [-0.2, 0) is 6.42 Å². The molecular weight excluding hydrogens is 222 g/mol. The van der Waals surface area contributed by atoms with E-state index in [1.165, 1.54) is 0 Å². The molecule has 0 spiro atoms. The molecule has 0 aliphatic carbocycles. The second-order valence-corrected chi connectivity index (χ2v) is 6.52. The molecule has 1 aliphatic heterocycles. The quantitative estimate of drug-likeness (QED) is 0.871. The first-order valence-electron chi connectivity index (χ1n) is 6.83. The Balaban J connectivity index is 1.95. The molecule has 0 aromatic carbocycles. The summed E-state index contributed by atoms with van der Waals surface area (Å²) in [6.45, 7) is 9.00. The summed E-state index contributed by atoms with van der Waals surface area (Å²) in [4.78, 5) is 6.92. The lowest BCUT2D eigenvalue weighted by Crippen LogP contribution is -2.56. The van der Waals surface area contributed by atoms with Crippen molar-refractivity contribution in [1.82, 2.24) is 9.88 Å². The van der Waals surface area contributed by atoms with E-state index in [-0.39, 0.29) is 11.1 Å². The molecule has 2 rings (SSSR count). The molecule has 1 fully saturated rings. The predicted octanol–water partition coefficient (Wildman–Crippen LogP) is 2.22. The van der Waals surface area contributed by atoms with Crippen molar-refractivity contribution >= 4 is 0 Å². The summed E-state index contributed by atoms with van der Waals surface area (Å²) in [6, 6.07) is 6.07. The van der Waals surface area contributed by atoms with Gasteiger partial charge in [-0.3, -0.25) is 9.88 Å². The third-order valence-corrected chi connectivity index (χ3v) is 3.97. The highest BCUT2D eigenvalue weighted by Gasteiger charge is 2.34. The van der Waals surface area contributed by atoms with Crippen LogP contribution in [0.2, 0.25) is 0 Å². The fourth-order valence-electron chi connectivity index (χ4n) is 2.66. The van der Waals surface area contributed by atoms with Crippen molar-refractivity contribution in [2.75, 3.05) is 13.1 Å². The molecule has 1 aromatic rings. The van der Waals surface area contributed by atoms with Crippen LogP contribution < -0.4 is 5.73 Å². The molecule has 0 unspecified atom stereocenters. The smallest absolute Gasteiger partial charge is 0.0421 e. The van der Waals surface area contributed by atoms with E-state index < -0.39 is 0 Å². The van der Waals surface area contributed by atoms with E-state index in [1.807, 2.05) is 18.3 Å². The molecule has 0 saturated carbocycles. The Labute approximate surface area is 110 Å². The molecule has 3 heteroatoms. The fourth-order valence-corrected chi connectivity index (χ4v) is 2.66. The minimum Gasteiger partial charge on any atom is -0.325 e. The zero-order valence-corrected chi connectivity index (χ0v) is 11.8. The molecule has 1 aliphatic rings. The number of nitrogens with two attached hydrogens (primary N) is 1. The van der Waals surface area contributed by atoms with Crippen LogP contribution in [0.25, 0.3) is 0 Å². The largest absolute Gasteiger partial charge is 0.325 e. The molecule has 3 nitrogen and oxygen atoms in total. The minimum atomic E-state index is -0.0733. The molecule has 0 atom stereocenters. The van der Waals surface area contributed by atoms with Crippen molar-refractivity contribution in [1.29, 1.82) is 0 Å². The van der Waals surface area contributed by atoms with Crippen LogP contribution in [0.5, 0.6) is 0 Å². The molecule has 0 bridgehead atoms. The van der Waals surface area contributed by atoms with Crippen molar-refractivity contribution < 1.29 is 0 Å². The molecule has 1 aromatic heterocycles. The number of hydrogen-bond donors (Lipinski definition) is 1. The summed E-state index contributed by atoms with van der Waals surface area (Å²) >= 11 is 0. The van der Waals surface area contributed by atoms with Crippen LogP contribution in [0.3, 0.4) is 0 Å². The monoisotopic (exact) mass is 247 g/mol. The Kier molecular flexibility index (Phi) is 3.74. The van der Waals surface area contributed by atoms with Crippen molar-refractivity contribution in [3.63, 3.8) is 0 Å². The Morgan fingerprint density at radius 3 is 2.44 bits per heavy atom. The van der Waals surface area contributed by atoms with Gasteiger partial charge in [-0.1, -0.05) is 6.07 Å². The maximum Gasteiger partial charge on any atom is 0.0421 e. The first-order valence-corrected chi connectivity index (χ1v) is 6.83. The van der Waals surface area contributed by atoms with Gasteiger partial charge in [-0.05, 0) is 45.7 Å². The summed E-state index contributed by atoms with van der Waals surface area (Å²) in [5.74, 6) is 0. The minimum absolute atomic E-state index is 0.0733. The number of likely N-dealkylation sites (tertiary alicyclic amines) is 1. The molecule has 2 N–H and O–H groups in total. The van der Waals surface area contributed by atoms with E-state index >= 15 is 0 Å². The highest BCUT2D eigenvalue weighted by atomic mass is 15.2. The van der Waals surface area contributed by atoms with E-state index in [0.717, 1.165) is 38.0 Å². The van der Waals surface area contributed by atoms with Gasteiger partial charge in [-0.25, -0.2) is 0 Å². The SMILES string of the molecule is CC(C)(C)N1CCC(N)(Cc2ccccn2)CC1. The Morgan fingerprint density at radius 2 is 1.94 bits per heavy atom. The highest BCUT2D eigenvalue weighted by Crippen LogP contribution is 2.27. The van der Waals surface area contributed by atoms with E-state index in [1.54, 1.807) is 0 Å². The summed E-state index contributed by atoms with van der Waals surface area (Å²) in [5, 5.41) is 0. The number of piperidine rings is 1. The Bertz CT molecular complexity index is 372. The predicted molar refractivity (Wildman–Crippen MR) is 75.4 cm³/mol. The van der Waals surface area contributed by atoms with Crippen molar-refractivity contribution in [2.45, 2.75) is 51.1 Å². The van der Waals surface area contributed by atoms with Gasteiger partial charge in [0.15, 0.2) is 0 Å². The van der Waals surface area contributed by atoms with Gasteiger partial charge < -0.3 is 5.73 Å². The van der Waals surface area contributed by atoms with Gasteiger partial charge >= 0.3 is 0 Å². The lowest BCUT2D eigenvalue weighted by atomic mass is 9.83. The average Bonchev–Trinajstić information content (AvgIpc) is 2.29. The van der Waals surface area contributed by atoms with Gasteiger partial charge in [0.05, 0.1) is 0 Å². The summed E-state index contributed by atoms with van der Waals surface area (Å²) in [5.41, 5.74) is 7.83. The van der Waals surface area contributed by atoms with Crippen LogP contribution in [-0.4, -0.2) is 34.1 Å². The van der Waals surface area contributed by atoms with E-state index in [9.17, 15) is 0 Å². The number of hydrogen-bond acceptors (Lipinski definition) is 3. The van der Waals surface area contributed by atoms with Crippen LogP contribution in [0, 0.1) is 0 Å².